The van der Waals surface area contributed by atoms with Crippen molar-refractivity contribution in [3.05, 3.63) is 37.5 Å². The molecule has 1 unspecified atom stereocenters. The molecule has 0 fully saturated rings. The van der Waals surface area contributed by atoms with Crippen molar-refractivity contribution in [2.75, 3.05) is 20.3 Å². The first-order valence-electron chi connectivity index (χ1n) is 7.61. The number of aromatic nitrogens is 1. The first-order chi connectivity index (χ1) is 10.3. The second-order valence-corrected chi connectivity index (χ2v) is 7.63. The molecule has 1 atom stereocenters. The topological polar surface area (TPSA) is 34.1 Å². The largest absolute Gasteiger partial charge is 0.383 e. The van der Waals surface area contributed by atoms with Crippen LogP contribution in [0.25, 0.3) is 0 Å². The van der Waals surface area contributed by atoms with Gasteiger partial charge in [0.2, 0.25) is 0 Å². The van der Waals surface area contributed by atoms with Gasteiger partial charge in [0.1, 0.15) is 5.01 Å². The molecular formula is C16H22N2OS2. The van der Waals surface area contributed by atoms with Crippen LogP contribution in [0.3, 0.4) is 0 Å². The average molecular weight is 322 g/mol. The molecule has 1 N–H and O–H groups in total. The van der Waals surface area contributed by atoms with E-state index in [1.807, 2.05) is 22.7 Å². The van der Waals surface area contributed by atoms with Gasteiger partial charge in [-0.15, -0.1) is 22.7 Å². The number of rotatable bonds is 7. The van der Waals surface area contributed by atoms with Crippen molar-refractivity contribution in [2.24, 2.45) is 0 Å². The Morgan fingerprint density at radius 2 is 2.24 bits per heavy atom. The van der Waals surface area contributed by atoms with Crippen LogP contribution in [-0.2, 0) is 24.0 Å². The molecule has 21 heavy (non-hydrogen) atoms. The fourth-order valence-corrected chi connectivity index (χ4v) is 5.04. The zero-order chi connectivity index (χ0) is 14.7. The predicted molar refractivity (Wildman–Crippen MR) is 89.6 cm³/mol. The van der Waals surface area contributed by atoms with Gasteiger partial charge < -0.3 is 10.1 Å². The summed E-state index contributed by atoms with van der Waals surface area (Å²) in [5.74, 6) is 0. The highest BCUT2D eigenvalue weighted by Gasteiger charge is 2.24. The lowest BCUT2D eigenvalue weighted by Gasteiger charge is -2.15. The van der Waals surface area contributed by atoms with Gasteiger partial charge in [-0.2, -0.15) is 0 Å². The van der Waals surface area contributed by atoms with Gasteiger partial charge >= 0.3 is 0 Å². The molecule has 3 nitrogen and oxygen atoms in total. The van der Waals surface area contributed by atoms with Gasteiger partial charge in [-0.05, 0) is 37.8 Å². The number of nitrogens with zero attached hydrogens (tertiary/aromatic N) is 1. The minimum Gasteiger partial charge on any atom is -0.383 e. The fraction of sp³-hybridized carbons (Fsp3) is 0.562. The molecule has 0 amide bonds. The van der Waals surface area contributed by atoms with Crippen LogP contribution in [-0.4, -0.2) is 25.2 Å². The van der Waals surface area contributed by atoms with Gasteiger partial charge in [0.05, 0.1) is 18.3 Å². The Hall–Kier alpha value is -0.750. The monoisotopic (exact) mass is 322 g/mol. The third-order valence-corrected chi connectivity index (χ3v) is 6.35. The number of aryl methyl sites for hydroxylation is 3. The Morgan fingerprint density at radius 3 is 2.95 bits per heavy atom. The van der Waals surface area contributed by atoms with E-state index < -0.39 is 0 Å². The van der Waals surface area contributed by atoms with Crippen LogP contribution < -0.4 is 5.32 Å². The van der Waals surface area contributed by atoms with Gasteiger partial charge in [0.15, 0.2) is 0 Å². The zero-order valence-electron chi connectivity index (χ0n) is 12.6. The normalized spacial score (nSPS) is 15.3. The maximum Gasteiger partial charge on any atom is 0.115 e. The Balaban J connectivity index is 1.83. The second kappa shape index (κ2) is 7.01. The summed E-state index contributed by atoms with van der Waals surface area (Å²) in [6.45, 7) is 3.79. The van der Waals surface area contributed by atoms with Crippen molar-refractivity contribution in [2.45, 2.75) is 38.6 Å². The maximum atomic E-state index is 5.18. The van der Waals surface area contributed by atoms with E-state index in [2.05, 4.69) is 24.4 Å². The summed E-state index contributed by atoms with van der Waals surface area (Å²) in [6.07, 6.45) is 4.74. The minimum absolute atomic E-state index is 0.223. The van der Waals surface area contributed by atoms with Crippen molar-refractivity contribution in [3.63, 3.8) is 0 Å². The maximum absolute atomic E-state index is 5.18. The molecule has 0 aromatic carbocycles. The number of ether oxygens (including phenoxy) is 1. The first kappa shape index (κ1) is 15.2. The molecule has 3 rings (SSSR count). The van der Waals surface area contributed by atoms with Crippen molar-refractivity contribution in [3.8, 4) is 0 Å². The molecular weight excluding hydrogens is 300 g/mol. The SMILES string of the molecule is CCc1ccc(C(NCCOC)c2nc3c(s2)CCC3)s1. The quantitative estimate of drug-likeness (QED) is 0.791. The zero-order valence-corrected chi connectivity index (χ0v) is 14.3. The number of nitrogens with one attached hydrogen (secondary N) is 1. The molecule has 0 spiro atoms. The molecule has 2 aromatic rings. The molecule has 2 heterocycles. The molecule has 0 bridgehead atoms. The molecule has 114 valence electrons. The molecule has 2 aromatic heterocycles. The van der Waals surface area contributed by atoms with E-state index in [4.69, 9.17) is 9.72 Å². The van der Waals surface area contributed by atoms with Gasteiger partial charge in [-0.1, -0.05) is 6.92 Å². The highest BCUT2D eigenvalue weighted by atomic mass is 32.1. The van der Waals surface area contributed by atoms with Crippen molar-refractivity contribution in [1.82, 2.24) is 10.3 Å². The lowest BCUT2D eigenvalue weighted by Crippen LogP contribution is -2.25. The standard InChI is InChI=1S/C16H22N2OS2/c1-3-11-7-8-14(20-11)15(17-9-10-19-2)16-18-12-5-4-6-13(12)21-16/h7-8,15,17H,3-6,9-10H2,1-2H3. The Bertz CT molecular complexity index is 569. The first-order valence-corrected chi connectivity index (χ1v) is 9.24. The lowest BCUT2D eigenvalue weighted by molar-refractivity contribution is 0.197. The third-order valence-electron chi connectivity index (χ3n) is 3.83. The van der Waals surface area contributed by atoms with Crippen LogP contribution in [0.4, 0.5) is 0 Å². The summed E-state index contributed by atoms with van der Waals surface area (Å²) in [6, 6.07) is 4.72. The molecule has 0 aliphatic heterocycles. The van der Waals surface area contributed by atoms with Gasteiger partial charge in [0, 0.05) is 28.3 Å². The van der Waals surface area contributed by atoms with E-state index in [1.165, 1.54) is 38.2 Å². The van der Waals surface area contributed by atoms with Gasteiger partial charge in [-0.3, -0.25) is 0 Å². The summed E-state index contributed by atoms with van der Waals surface area (Å²) in [5.41, 5.74) is 1.33. The highest BCUT2D eigenvalue weighted by Crippen LogP contribution is 2.35. The van der Waals surface area contributed by atoms with Crippen molar-refractivity contribution < 1.29 is 4.74 Å². The smallest absolute Gasteiger partial charge is 0.115 e. The Kier molecular flexibility index (Phi) is 5.06. The molecule has 5 heteroatoms. The molecule has 0 saturated carbocycles. The number of hydrogen-bond donors (Lipinski definition) is 1. The van der Waals surface area contributed by atoms with E-state index in [9.17, 15) is 0 Å². The third kappa shape index (κ3) is 3.37. The highest BCUT2D eigenvalue weighted by molar-refractivity contribution is 7.13. The Labute approximate surface area is 134 Å². The van der Waals surface area contributed by atoms with Crippen LogP contribution in [0.5, 0.6) is 0 Å². The minimum atomic E-state index is 0.223. The molecule has 0 saturated heterocycles. The van der Waals surface area contributed by atoms with E-state index in [1.54, 1.807) is 7.11 Å². The summed E-state index contributed by atoms with van der Waals surface area (Å²) in [4.78, 5) is 9.21. The molecule has 1 aliphatic carbocycles. The van der Waals surface area contributed by atoms with E-state index >= 15 is 0 Å². The molecule has 1 aliphatic rings. The van der Waals surface area contributed by atoms with Crippen molar-refractivity contribution >= 4 is 22.7 Å². The van der Waals surface area contributed by atoms with Gasteiger partial charge in [0.25, 0.3) is 0 Å². The van der Waals surface area contributed by atoms with E-state index in [-0.39, 0.29) is 6.04 Å². The number of hydrogen-bond acceptors (Lipinski definition) is 5. The van der Waals surface area contributed by atoms with E-state index in [0.29, 0.717) is 0 Å². The number of thiophene rings is 1. The van der Waals surface area contributed by atoms with Crippen LogP contribution in [0.1, 0.15) is 44.7 Å². The summed E-state index contributed by atoms with van der Waals surface area (Å²) in [7, 11) is 1.74. The van der Waals surface area contributed by atoms with Crippen LogP contribution in [0.2, 0.25) is 0 Å². The van der Waals surface area contributed by atoms with Crippen molar-refractivity contribution in [1.29, 1.82) is 0 Å². The summed E-state index contributed by atoms with van der Waals surface area (Å²) in [5, 5.41) is 4.84. The van der Waals surface area contributed by atoms with Gasteiger partial charge in [-0.25, -0.2) is 4.98 Å². The fourth-order valence-electron chi connectivity index (χ4n) is 2.69. The van der Waals surface area contributed by atoms with Crippen LogP contribution >= 0.6 is 22.7 Å². The summed E-state index contributed by atoms with van der Waals surface area (Å²) >= 11 is 3.79. The van der Waals surface area contributed by atoms with E-state index in [0.717, 1.165) is 26.0 Å². The number of fused-ring (bicyclic) bond motifs is 1. The number of methoxy groups -OCH3 is 1. The predicted octanol–water partition coefficient (Wildman–Crippen LogP) is 3.58. The average Bonchev–Trinajstić information content (AvgIpc) is 3.18. The summed E-state index contributed by atoms with van der Waals surface area (Å²) < 4.78 is 5.18. The lowest BCUT2D eigenvalue weighted by atomic mass is 10.2. The number of thiazole rings is 1. The van der Waals surface area contributed by atoms with Crippen LogP contribution in [0, 0.1) is 0 Å². The van der Waals surface area contributed by atoms with Crippen LogP contribution in [0.15, 0.2) is 12.1 Å². The second-order valence-electron chi connectivity index (χ2n) is 5.31. The Morgan fingerprint density at radius 1 is 1.33 bits per heavy atom. The molecule has 0 radical (unpaired) electrons.